The Kier molecular flexibility index (Phi) is 8.42. The number of morpholine rings is 1. The van der Waals surface area contributed by atoms with Gasteiger partial charge in [0.15, 0.2) is 0 Å². The lowest BCUT2D eigenvalue weighted by Crippen LogP contribution is -2.42. The largest absolute Gasteiger partial charge is 0.379 e. The molecule has 2 amide bonds. The SMILES string of the molecule is CC(=O)Nc1ccc(S(=O)(=O)N2CCC(CC(=O)NCCN3CCOCC3)CC2)cc1. The van der Waals surface area contributed by atoms with Gasteiger partial charge in [-0.2, -0.15) is 4.31 Å². The van der Waals surface area contributed by atoms with Gasteiger partial charge in [-0.3, -0.25) is 14.5 Å². The molecule has 2 heterocycles. The van der Waals surface area contributed by atoms with Gasteiger partial charge in [0, 0.05) is 58.3 Å². The zero-order valence-corrected chi connectivity index (χ0v) is 18.8. The summed E-state index contributed by atoms with van der Waals surface area (Å²) in [4.78, 5) is 25.8. The number of hydrogen-bond acceptors (Lipinski definition) is 6. The first-order chi connectivity index (χ1) is 14.8. The molecule has 2 N–H and O–H groups in total. The number of hydrogen-bond donors (Lipinski definition) is 2. The zero-order valence-electron chi connectivity index (χ0n) is 18.0. The molecular formula is C21H32N4O5S. The van der Waals surface area contributed by atoms with Crippen LogP contribution in [0.2, 0.25) is 0 Å². The molecule has 0 radical (unpaired) electrons. The van der Waals surface area contributed by atoms with Crippen LogP contribution < -0.4 is 10.6 Å². The molecule has 1 aromatic carbocycles. The highest BCUT2D eigenvalue weighted by Crippen LogP contribution is 2.26. The number of carbonyl (C=O) groups excluding carboxylic acids is 2. The van der Waals surface area contributed by atoms with Crippen molar-refractivity contribution in [3.8, 4) is 0 Å². The number of rotatable bonds is 8. The van der Waals surface area contributed by atoms with Crippen LogP contribution in [0.1, 0.15) is 26.2 Å². The minimum atomic E-state index is -3.58. The molecule has 2 aliphatic heterocycles. The molecule has 2 fully saturated rings. The van der Waals surface area contributed by atoms with E-state index in [0.717, 1.165) is 32.8 Å². The van der Waals surface area contributed by atoms with E-state index in [1.807, 2.05) is 0 Å². The Labute approximate surface area is 184 Å². The molecular weight excluding hydrogens is 420 g/mol. The number of anilines is 1. The van der Waals surface area contributed by atoms with Crippen LogP contribution in [-0.2, 0) is 24.3 Å². The summed E-state index contributed by atoms with van der Waals surface area (Å²) in [5.41, 5.74) is 0.560. The summed E-state index contributed by atoms with van der Waals surface area (Å²) in [6.07, 6.45) is 1.77. The van der Waals surface area contributed by atoms with Crippen LogP contribution in [0.4, 0.5) is 5.69 Å². The summed E-state index contributed by atoms with van der Waals surface area (Å²) >= 11 is 0. The van der Waals surface area contributed by atoms with Crippen LogP contribution in [0.25, 0.3) is 0 Å². The van der Waals surface area contributed by atoms with Crippen LogP contribution in [0.5, 0.6) is 0 Å². The third kappa shape index (κ3) is 6.99. The Morgan fingerprint density at radius 1 is 1.06 bits per heavy atom. The van der Waals surface area contributed by atoms with Gasteiger partial charge < -0.3 is 15.4 Å². The fraction of sp³-hybridized carbons (Fsp3) is 0.619. The normalized spacial score (nSPS) is 19.1. The van der Waals surface area contributed by atoms with Gasteiger partial charge in [-0.25, -0.2) is 8.42 Å². The minimum Gasteiger partial charge on any atom is -0.379 e. The highest BCUT2D eigenvalue weighted by atomic mass is 32.2. The van der Waals surface area contributed by atoms with Gasteiger partial charge in [0.1, 0.15) is 0 Å². The van der Waals surface area contributed by atoms with Crippen molar-refractivity contribution in [2.24, 2.45) is 5.92 Å². The molecule has 172 valence electrons. The molecule has 2 saturated heterocycles. The lowest BCUT2D eigenvalue weighted by molar-refractivity contribution is -0.122. The Balaban J connectivity index is 1.41. The van der Waals surface area contributed by atoms with E-state index in [4.69, 9.17) is 4.74 Å². The summed E-state index contributed by atoms with van der Waals surface area (Å²) in [5.74, 6) is 0.0166. The first kappa shape index (κ1) is 23.6. The molecule has 1 aromatic rings. The molecule has 2 aliphatic rings. The number of ether oxygens (including phenoxy) is 1. The van der Waals surface area contributed by atoms with Gasteiger partial charge in [0.2, 0.25) is 21.8 Å². The molecule has 31 heavy (non-hydrogen) atoms. The van der Waals surface area contributed by atoms with E-state index in [2.05, 4.69) is 15.5 Å². The van der Waals surface area contributed by atoms with Crippen molar-refractivity contribution in [2.75, 3.05) is 57.8 Å². The van der Waals surface area contributed by atoms with Gasteiger partial charge >= 0.3 is 0 Å². The lowest BCUT2D eigenvalue weighted by atomic mass is 9.94. The fourth-order valence-electron chi connectivity index (χ4n) is 3.93. The number of piperidine rings is 1. The average Bonchev–Trinajstić information content (AvgIpc) is 2.75. The van der Waals surface area contributed by atoms with Crippen LogP contribution >= 0.6 is 0 Å². The molecule has 3 rings (SSSR count). The van der Waals surface area contributed by atoms with Crippen LogP contribution in [0.15, 0.2) is 29.2 Å². The Morgan fingerprint density at radius 2 is 1.71 bits per heavy atom. The highest BCUT2D eigenvalue weighted by molar-refractivity contribution is 7.89. The van der Waals surface area contributed by atoms with Crippen molar-refractivity contribution in [3.63, 3.8) is 0 Å². The second-order valence-electron chi connectivity index (χ2n) is 8.06. The smallest absolute Gasteiger partial charge is 0.243 e. The predicted molar refractivity (Wildman–Crippen MR) is 117 cm³/mol. The Hall–Kier alpha value is -2.01. The van der Waals surface area contributed by atoms with Gasteiger partial charge in [0.25, 0.3) is 0 Å². The summed E-state index contributed by atoms with van der Waals surface area (Å²) in [7, 11) is -3.58. The Bertz CT molecular complexity index is 845. The summed E-state index contributed by atoms with van der Waals surface area (Å²) in [6.45, 7) is 6.95. The van der Waals surface area contributed by atoms with Crippen molar-refractivity contribution in [2.45, 2.75) is 31.1 Å². The molecule has 0 spiro atoms. The van der Waals surface area contributed by atoms with Gasteiger partial charge in [0.05, 0.1) is 18.1 Å². The third-order valence-electron chi connectivity index (χ3n) is 5.71. The monoisotopic (exact) mass is 452 g/mol. The van der Waals surface area contributed by atoms with Gasteiger partial charge in [-0.05, 0) is 43.0 Å². The van der Waals surface area contributed by atoms with E-state index in [1.54, 1.807) is 12.1 Å². The van der Waals surface area contributed by atoms with E-state index >= 15 is 0 Å². The van der Waals surface area contributed by atoms with Crippen molar-refractivity contribution < 1.29 is 22.7 Å². The first-order valence-electron chi connectivity index (χ1n) is 10.8. The van der Waals surface area contributed by atoms with E-state index in [0.29, 0.717) is 44.6 Å². The number of nitrogens with one attached hydrogen (secondary N) is 2. The fourth-order valence-corrected chi connectivity index (χ4v) is 5.40. The third-order valence-corrected chi connectivity index (χ3v) is 7.63. The van der Waals surface area contributed by atoms with Gasteiger partial charge in [-0.15, -0.1) is 0 Å². The topological polar surface area (TPSA) is 108 Å². The average molecular weight is 453 g/mol. The molecule has 9 nitrogen and oxygen atoms in total. The number of amides is 2. The van der Waals surface area contributed by atoms with Crippen LogP contribution in [0.3, 0.4) is 0 Å². The van der Waals surface area contributed by atoms with Crippen molar-refractivity contribution in [1.82, 2.24) is 14.5 Å². The standard InChI is InChI=1S/C21H32N4O5S/c1-17(26)23-19-2-4-20(5-3-19)31(28,29)25-9-6-18(7-10-25)16-21(27)22-8-11-24-12-14-30-15-13-24/h2-5,18H,6-16H2,1H3,(H,22,27)(H,23,26). The summed E-state index contributed by atoms with van der Waals surface area (Å²) in [6, 6.07) is 6.19. The molecule has 0 bridgehead atoms. The molecule has 0 aromatic heterocycles. The maximum atomic E-state index is 12.9. The molecule has 10 heteroatoms. The maximum absolute atomic E-state index is 12.9. The lowest BCUT2D eigenvalue weighted by Gasteiger charge is -2.31. The van der Waals surface area contributed by atoms with E-state index in [9.17, 15) is 18.0 Å². The number of benzene rings is 1. The minimum absolute atomic E-state index is 0.0307. The van der Waals surface area contributed by atoms with Gasteiger partial charge in [-0.1, -0.05) is 0 Å². The summed E-state index contributed by atoms with van der Waals surface area (Å²) < 4.78 is 32.6. The number of nitrogens with zero attached hydrogens (tertiary/aromatic N) is 2. The summed E-state index contributed by atoms with van der Waals surface area (Å²) in [5, 5.41) is 5.61. The van der Waals surface area contributed by atoms with Crippen LogP contribution in [-0.4, -0.2) is 81.9 Å². The second kappa shape index (κ2) is 11.0. The van der Waals surface area contributed by atoms with E-state index in [1.165, 1.54) is 23.4 Å². The maximum Gasteiger partial charge on any atom is 0.243 e. The first-order valence-corrected chi connectivity index (χ1v) is 12.2. The van der Waals surface area contributed by atoms with E-state index in [-0.39, 0.29) is 22.6 Å². The Morgan fingerprint density at radius 3 is 2.32 bits per heavy atom. The molecule has 0 unspecified atom stereocenters. The number of carbonyl (C=O) groups is 2. The molecule has 0 aliphatic carbocycles. The molecule has 0 atom stereocenters. The highest BCUT2D eigenvalue weighted by Gasteiger charge is 2.30. The van der Waals surface area contributed by atoms with Crippen LogP contribution in [0, 0.1) is 5.92 Å². The van der Waals surface area contributed by atoms with Crippen molar-refractivity contribution in [3.05, 3.63) is 24.3 Å². The second-order valence-corrected chi connectivity index (χ2v) is 10.00. The van der Waals surface area contributed by atoms with Crippen molar-refractivity contribution >= 4 is 27.5 Å². The quantitative estimate of drug-likeness (QED) is 0.606. The molecule has 0 saturated carbocycles. The zero-order chi connectivity index (χ0) is 22.3. The van der Waals surface area contributed by atoms with Crippen molar-refractivity contribution in [1.29, 1.82) is 0 Å². The van der Waals surface area contributed by atoms with E-state index < -0.39 is 10.0 Å². The predicted octanol–water partition coefficient (Wildman–Crippen LogP) is 0.884. The number of sulfonamides is 1.